The topological polar surface area (TPSA) is 92.2 Å². The van der Waals surface area contributed by atoms with Crippen molar-refractivity contribution in [1.82, 2.24) is 4.98 Å². The van der Waals surface area contributed by atoms with Crippen LogP contribution in [0.25, 0.3) is 0 Å². The lowest BCUT2D eigenvalue weighted by molar-refractivity contribution is -0.137. The summed E-state index contributed by atoms with van der Waals surface area (Å²) in [6.07, 6.45) is 3.40. The predicted molar refractivity (Wildman–Crippen MR) is 178 cm³/mol. The lowest BCUT2D eigenvalue weighted by Gasteiger charge is -2.36. The maximum absolute atomic E-state index is 15.5. The van der Waals surface area contributed by atoms with Gasteiger partial charge in [0, 0.05) is 37.3 Å². The van der Waals surface area contributed by atoms with Crippen molar-refractivity contribution in [3.63, 3.8) is 0 Å². The van der Waals surface area contributed by atoms with Crippen molar-refractivity contribution >= 4 is 23.4 Å². The van der Waals surface area contributed by atoms with Crippen molar-refractivity contribution in [3.8, 4) is 11.5 Å². The Bertz CT molecular complexity index is 1540. The number of pyridine rings is 1. The molecule has 1 aliphatic heterocycles. The van der Waals surface area contributed by atoms with E-state index in [1.54, 1.807) is 30.2 Å². The molecule has 1 unspecified atom stereocenters. The molecule has 3 aromatic rings. The Hall–Kier alpha value is -4.14. The van der Waals surface area contributed by atoms with E-state index in [0.29, 0.717) is 48.9 Å². The first-order chi connectivity index (χ1) is 21.9. The summed E-state index contributed by atoms with van der Waals surface area (Å²) in [6, 6.07) is 16.4. The fourth-order valence-electron chi connectivity index (χ4n) is 6.33. The molecule has 2 heterocycles. The van der Waals surface area contributed by atoms with Gasteiger partial charge in [0.05, 0.1) is 31.4 Å². The molecule has 1 N–H and O–H groups in total. The van der Waals surface area contributed by atoms with Crippen LogP contribution in [0.15, 0.2) is 54.6 Å². The van der Waals surface area contributed by atoms with E-state index >= 15 is 4.39 Å². The van der Waals surface area contributed by atoms with Gasteiger partial charge in [0.1, 0.15) is 11.6 Å². The van der Waals surface area contributed by atoms with Crippen molar-refractivity contribution in [2.24, 2.45) is 17.3 Å². The Morgan fingerprint density at radius 3 is 2.41 bits per heavy atom. The molecule has 8 nitrogen and oxygen atoms in total. The highest BCUT2D eigenvalue weighted by molar-refractivity contribution is 6.09. The van der Waals surface area contributed by atoms with Crippen LogP contribution in [0, 0.1) is 30.0 Å². The summed E-state index contributed by atoms with van der Waals surface area (Å²) in [5.41, 5.74) is 2.54. The number of piperidine rings is 1. The molecule has 46 heavy (non-hydrogen) atoms. The first-order valence-electron chi connectivity index (χ1n) is 16.2. The van der Waals surface area contributed by atoms with E-state index in [-0.39, 0.29) is 41.2 Å². The Kier molecular flexibility index (Phi) is 10.2. The Labute approximate surface area is 271 Å². The number of anilines is 2. The van der Waals surface area contributed by atoms with Gasteiger partial charge in [0.25, 0.3) is 5.91 Å². The van der Waals surface area contributed by atoms with Crippen LogP contribution in [0.5, 0.6) is 11.5 Å². The summed E-state index contributed by atoms with van der Waals surface area (Å²) >= 11 is 0. The zero-order chi connectivity index (χ0) is 33.0. The predicted octanol–water partition coefficient (Wildman–Crippen LogP) is 7.49. The number of carbonyl (C=O) groups excluding carboxylic acids is 1. The standard InChI is InChI=1S/C37H46FN3O5/c1-24-8-6-11-33(39-24)41(23-37(2,3)4)36(44)29-15-14-27(45-5)20-31(29)40-18-16-25(17-19-40)22-46-32-10-7-9-28(35(32)38)30(21-34(42)43)26-12-13-26/h6-11,14-15,20,25-26,30H,12-13,16-19,21-23H2,1-5H3,(H,42,43). The minimum atomic E-state index is -0.913. The summed E-state index contributed by atoms with van der Waals surface area (Å²) < 4.78 is 27.1. The summed E-state index contributed by atoms with van der Waals surface area (Å²) in [5, 5.41) is 9.38. The average Bonchev–Trinajstić information content (AvgIpc) is 3.87. The van der Waals surface area contributed by atoms with Crippen molar-refractivity contribution in [2.45, 2.75) is 65.7 Å². The van der Waals surface area contributed by atoms with E-state index in [9.17, 15) is 14.7 Å². The molecule has 2 aliphatic rings. The van der Waals surface area contributed by atoms with Crippen molar-refractivity contribution in [1.29, 1.82) is 0 Å². The van der Waals surface area contributed by atoms with Gasteiger partial charge in [0.15, 0.2) is 11.6 Å². The molecular formula is C37H46FN3O5. The van der Waals surface area contributed by atoms with Gasteiger partial charge in [-0.1, -0.05) is 39.0 Å². The van der Waals surface area contributed by atoms with E-state index in [2.05, 4.69) is 30.7 Å². The number of halogens is 1. The molecule has 1 atom stereocenters. The van der Waals surface area contributed by atoms with Gasteiger partial charge >= 0.3 is 5.97 Å². The van der Waals surface area contributed by atoms with E-state index in [4.69, 9.17) is 9.47 Å². The average molecular weight is 632 g/mol. The van der Waals surface area contributed by atoms with Gasteiger partial charge in [-0.05, 0) is 85.8 Å². The normalized spacial score (nSPS) is 16.2. The fourth-order valence-corrected chi connectivity index (χ4v) is 6.33. The molecule has 1 saturated heterocycles. The van der Waals surface area contributed by atoms with Crippen LogP contribution >= 0.6 is 0 Å². The maximum Gasteiger partial charge on any atom is 0.303 e. The first kappa shape index (κ1) is 33.2. The van der Waals surface area contributed by atoms with Gasteiger partial charge in [-0.2, -0.15) is 0 Å². The zero-order valence-corrected chi connectivity index (χ0v) is 27.6. The molecule has 5 rings (SSSR count). The molecule has 0 spiro atoms. The molecule has 0 bridgehead atoms. The second-order valence-electron chi connectivity index (χ2n) is 13.9. The van der Waals surface area contributed by atoms with Gasteiger partial charge in [-0.15, -0.1) is 0 Å². The molecule has 0 radical (unpaired) electrons. The SMILES string of the molecule is COc1ccc(C(=O)N(CC(C)(C)C)c2cccc(C)n2)c(N2CCC(COc3cccc(C(CC(=O)O)C4CC4)c3F)CC2)c1. The number of benzene rings is 2. The summed E-state index contributed by atoms with van der Waals surface area (Å²) in [6.45, 7) is 10.5. The number of methoxy groups -OCH3 is 1. The molecule has 2 fully saturated rings. The molecular weight excluding hydrogens is 585 g/mol. The number of hydrogen-bond acceptors (Lipinski definition) is 6. The highest BCUT2D eigenvalue weighted by atomic mass is 19.1. The number of hydrogen-bond donors (Lipinski definition) is 1. The zero-order valence-electron chi connectivity index (χ0n) is 27.6. The second-order valence-corrected chi connectivity index (χ2v) is 13.9. The van der Waals surface area contributed by atoms with E-state index in [1.165, 1.54) is 0 Å². The number of carboxylic acids is 1. The molecule has 1 aliphatic carbocycles. The smallest absolute Gasteiger partial charge is 0.303 e. The number of rotatable bonds is 12. The highest BCUT2D eigenvalue weighted by Crippen LogP contribution is 2.46. The number of ether oxygens (including phenoxy) is 2. The van der Waals surface area contributed by atoms with Gasteiger partial charge < -0.3 is 19.5 Å². The van der Waals surface area contributed by atoms with Crippen LogP contribution < -0.4 is 19.3 Å². The minimum Gasteiger partial charge on any atom is -0.497 e. The third-order valence-electron chi connectivity index (χ3n) is 8.87. The quantitative estimate of drug-likeness (QED) is 0.221. The second kappa shape index (κ2) is 14.1. The molecule has 1 saturated carbocycles. The number of aliphatic carboxylic acids is 1. The number of aromatic nitrogens is 1. The van der Waals surface area contributed by atoms with Crippen LogP contribution in [0.2, 0.25) is 0 Å². The van der Waals surface area contributed by atoms with Crippen molar-refractivity contribution in [2.75, 3.05) is 43.2 Å². The van der Waals surface area contributed by atoms with Gasteiger partial charge in [-0.3, -0.25) is 14.5 Å². The summed E-state index contributed by atoms with van der Waals surface area (Å²) in [4.78, 5) is 34.4. The Morgan fingerprint density at radius 2 is 1.78 bits per heavy atom. The monoisotopic (exact) mass is 631 g/mol. The van der Waals surface area contributed by atoms with Gasteiger partial charge in [-0.25, -0.2) is 9.37 Å². The highest BCUT2D eigenvalue weighted by Gasteiger charge is 2.36. The number of nitrogens with zero attached hydrogens (tertiary/aromatic N) is 3. The van der Waals surface area contributed by atoms with Crippen LogP contribution in [0.4, 0.5) is 15.9 Å². The third kappa shape index (κ3) is 8.17. The summed E-state index contributed by atoms with van der Waals surface area (Å²) in [5.74, 6) is 0.105. The largest absolute Gasteiger partial charge is 0.497 e. The molecule has 246 valence electrons. The number of carboxylic acid groups (broad SMARTS) is 1. The lowest BCUT2D eigenvalue weighted by Crippen LogP contribution is -2.41. The van der Waals surface area contributed by atoms with Crippen LogP contribution in [-0.2, 0) is 4.79 Å². The van der Waals surface area contributed by atoms with Crippen molar-refractivity contribution < 1.29 is 28.6 Å². The lowest BCUT2D eigenvalue weighted by atomic mass is 9.90. The first-order valence-corrected chi connectivity index (χ1v) is 16.2. The van der Waals surface area contributed by atoms with E-state index in [1.807, 2.05) is 43.3 Å². The van der Waals surface area contributed by atoms with Crippen LogP contribution in [-0.4, -0.2) is 55.3 Å². The Morgan fingerprint density at radius 1 is 1.07 bits per heavy atom. The van der Waals surface area contributed by atoms with Crippen LogP contribution in [0.1, 0.15) is 80.4 Å². The third-order valence-corrected chi connectivity index (χ3v) is 8.87. The maximum atomic E-state index is 15.5. The molecule has 9 heteroatoms. The summed E-state index contributed by atoms with van der Waals surface area (Å²) in [7, 11) is 1.62. The molecule has 2 aromatic carbocycles. The number of carbonyl (C=O) groups is 2. The fraction of sp³-hybridized carbons (Fsp3) is 0.486. The van der Waals surface area contributed by atoms with Gasteiger partial charge in [0.2, 0.25) is 0 Å². The van der Waals surface area contributed by atoms with E-state index in [0.717, 1.165) is 37.1 Å². The number of amides is 1. The van der Waals surface area contributed by atoms with E-state index < -0.39 is 11.8 Å². The molecule has 1 aromatic heterocycles. The van der Waals surface area contributed by atoms with Crippen LogP contribution in [0.3, 0.4) is 0 Å². The van der Waals surface area contributed by atoms with Crippen molar-refractivity contribution in [3.05, 3.63) is 77.2 Å². The molecule has 1 amide bonds. The minimum absolute atomic E-state index is 0.0757. The Balaban J connectivity index is 1.29. The number of aryl methyl sites for hydroxylation is 1.